The normalized spacial score (nSPS) is 24.7. The van der Waals surface area contributed by atoms with Crippen molar-refractivity contribution in [2.75, 3.05) is 19.6 Å². The molecule has 1 atom stereocenters. The van der Waals surface area contributed by atoms with E-state index in [0.29, 0.717) is 17.9 Å². The predicted molar refractivity (Wildman–Crippen MR) is 103 cm³/mol. The molecule has 0 aromatic carbocycles. The molecule has 1 aliphatic heterocycles. The average molecular weight is 349 g/mol. The van der Waals surface area contributed by atoms with Crippen LogP contribution in [0.5, 0.6) is 0 Å². The first kappa shape index (κ1) is 17.7. The van der Waals surface area contributed by atoms with Crippen LogP contribution in [0, 0.1) is 5.92 Å². The molecule has 2 fully saturated rings. The fraction of sp³-hybridized carbons (Fsp3) is 0.737. The lowest BCUT2D eigenvalue weighted by atomic mass is 9.98. The molecule has 0 radical (unpaired) electrons. The summed E-state index contributed by atoms with van der Waals surface area (Å²) in [5.41, 5.74) is 6.14. The van der Waals surface area contributed by atoms with Crippen LogP contribution in [0.4, 0.5) is 0 Å². The number of hydrogen-bond acceptors (Lipinski definition) is 3. The molecule has 0 spiro atoms. The Morgan fingerprint density at radius 3 is 2.79 bits per heavy atom. The van der Waals surface area contributed by atoms with Gasteiger partial charge >= 0.3 is 0 Å². The lowest BCUT2D eigenvalue weighted by molar-refractivity contribution is 0.172. The zero-order valence-electron chi connectivity index (χ0n) is 14.8. The summed E-state index contributed by atoms with van der Waals surface area (Å²) in [7, 11) is 0. The number of rotatable bonds is 5. The largest absolute Gasteiger partial charge is 0.370 e. The molecule has 1 aromatic heterocycles. The molecule has 2 heterocycles. The lowest BCUT2D eigenvalue weighted by Crippen LogP contribution is -2.41. The first-order chi connectivity index (χ1) is 11.8. The van der Waals surface area contributed by atoms with Gasteiger partial charge in [-0.05, 0) is 49.6 Å². The Hall–Kier alpha value is -1.07. The van der Waals surface area contributed by atoms with Gasteiger partial charge in [-0.25, -0.2) is 0 Å². The van der Waals surface area contributed by atoms with Crippen LogP contribution in [0.2, 0.25) is 0 Å². The molecule has 0 bridgehead atoms. The van der Waals surface area contributed by atoms with Gasteiger partial charge < -0.3 is 11.1 Å². The maximum atomic E-state index is 6.14. The molecule has 1 saturated carbocycles. The van der Waals surface area contributed by atoms with E-state index in [4.69, 9.17) is 5.73 Å². The quantitative estimate of drug-likeness (QED) is 0.486. The van der Waals surface area contributed by atoms with Crippen LogP contribution in [-0.2, 0) is 6.54 Å². The van der Waals surface area contributed by atoms with Gasteiger partial charge in [0.25, 0.3) is 0 Å². The van der Waals surface area contributed by atoms with Crippen molar-refractivity contribution in [1.29, 1.82) is 0 Å². The van der Waals surface area contributed by atoms with Crippen LogP contribution >= 0.6 is 11.3 Å². The fourth-order valence-corrected chi connectivity index (χ4v) is 4.72. The number of thiophene rings is 1. The maximum Gasteiger partial charge on any atom is 0.188 e. The summed E-state index contributed by atoms with van der Waals surface area (Å²) < 4.78 is 0. The highest BCUT2D eigenvalue weighted by Crippen LogP contribution is 2.21. The van der Waals surface area contributed by atoms with Gasteiger partial charge in [0.2, 0.25) is 0 Å². The summed E-state index contributed by atoms with van der Waals surface area (Å²) in [5, 5.41) is 5.63. The van der Waals surface area contributed by atoms with Gasteiger partial charge in [0.1, 0.15) is 0 Å². The van der Waals surface area contributed by atoms with Crippen LogP contribution in [0.3, 0.4) is 0 Å². The van der Waals surface area contributed by atoms with Crippen molar-refractivity contribution >= 4 is 17.3 Å². The number of nitrogens with one attached hydrogen (secondary N) is 1. The van der Waals surface area contributed by atoms with Crippen molar-refractivity contribution in [3.63, 3.8) is 0 Å². The van der Waals surface area contributed by atoms with Gasteiger partial charge in [-0.3, -0.25) is 9.89 Å². The number of piperidine rings is 1. The maximum absolute atomic E-state index is 6.14. The lowest BCUT2D eigenvalue weighted by Gasteiger charge is -2.31. The minimum atomic E-state index is 0.540. The minimum absolute atomic E-state index is 0.540. The molecule has 1 saturated heterocycles. The van der Waals surface area contributed by atoms with Gasteiger partial charge in [0, 0.05) is 30.6 Å². The summed E-state index contributed by atoms with van der Waals surface area (Å²) in [4.78, 5) is 8.70. The monoisotopic (exact) mass is 348 g/mol. The van der Waals surface area contributed by atoms with E-state index in [1.54, 1.807) is 0 Å². The van der Waals surface area contributed by atoms with Gasteiger partial charge in [0.05, 0.1) is 0 Å². The van der Waals surface area contributed by atoms with Crippen molar-refractivity contribution in [2.24, 2.45) is 16.6 Å². The summed E-state index contributed by atoms with van der Waals surface area (Å²) >= 11 is 1.86. The number of nitrogens with zero attached hydrogens (tertiary/aromatic N) is 2. The second kappa shape index (κ2) is 9.42. The SMILES string of the molecule is NC(=NCC1CCCN(Cc2cccs2)C1)NC1CCCCCC1. The molecule has 1 aromatic rings. The first-order valence-corrected chi connectivity index (χ1v) is 10.5. The van der Waals surface area contributed by atoms with Crippen molar-refractivity contribution < 1.29 is 0 Å². The van der Waals surface area contributed by atoms with Crippen molar-refractivity contribution in [3.8, 4) is 0 Å². The molecule has 2 aliphatic rings. The van der Waals surface area contributed by atoms with Crippen molar-refractivity contribution in [1.82, 2.24) is 10.2 Å². The second-order valence-corrected chi connectivity index (χ2v) is 8.41. The topological polar surface area (TPSA) is 53.6 Å². The van der Waals surface area contributed by atoms with Gasteiger partial charge in [-0.2, -0.15) is 0 Å². The third kappa shape index (κ3) is 5.78. The Kier molecular flexibility index (Phi) is 6.97. The number of guanidine groups is 1. The van der Waals surface area contributed by atoms with Crippen LogP contribution in [0.15, 0.2) is 22.5 Å². The Labute approximate surface area is 150 Å². The molecular weight excluding hydrogens is 316 g/mol. The van der Waals surface area contributed by atoms with Crippen LogP contribution in [0.25, 0.3) is 0 Å². The highest BCUT2D eigenvalue weighted by atomic mass is 32.1. The molecule has 3 N–H and O–H groups in total. The Morgan fingerprint density at radius 1 is 1.21 bits per heavy atom. The molecule has 24 heavy (non-hydrogen) atoms. The third-order valence-electron chi connectivity index (χ3n) is 5.29. The smallest absolute Gasteiger partial charge is 0.188 e. The van der Waals surface area contributed by atoms with E-state index in [0.717, 1.165) is 19.6 Å². The van der Waals surface area contributed by atoms with Gasteiger partial charge in [0.15, 0.2) is 5.96 Å². The highest BCUT2D eigenvalue weighted by Gasteiger charge is 2.20. The molecule has 3 rings (SSSR count). The second-order valence-electron chi connectivity index (χ2n) is 7.38. The number of hydrogen-bond donors (Lipinski definition) is 2. The van der Waals surface area contributed by atoms with Crippen molar-refractivity contribution in [3.05, 3.63) is 22.4 Å². The number of nitrogens with two attached hydrogens (primary N) is 1. The Bertz CT molecular complexity index is 491. The van der Waals surface area contributed by atoms with E-state index >= 15 is 0 Å². The molecule has 134 valence electrons. The Balaban J connectivity index is 1.42. The predicted octanol–water partition coefficient (Wildman–Crippen LogP) is 3.59. The van der Waals surface area contributed by atoms with E-state index < -0.39 is 0 Å². The van der Waals surface area contributed by atoms with E-state index in [-0.39, 0.29) is 0 Å². The Morgan fingerprint density at radius 2 is 2.04 bits per heavy atom. The van der Waals surface area contributed by atoms with Gasteiger partial charge in [-0.1, -0.05) is 31.7 Å². The summed E-state index contributed by atoms with van der Waals surface area (Å²) in [6.45, 7) is 4.33. The number of likely N-dealkylation sites (tertiary alicyclic amines) is 1. The summed E-state index contributed by atoms with van der Waals surface area (Å²) in [6, 6.07) is 4.92. The van der Waals surface area contributed by atoms with E-state index in [1.807, 2.05) is 11.3 Å². The standard InChI is InChI=1S/C19H32N4S/c20-19(22-17-8-3-1-2-4-9-17)21-13-16-7-5-11-23(14-16)15-18-10-6-12-24-18/h6,10,12,16-17H,1-5,7-9,11,13-15H2,(H3,20,21,22). The molecule has 5 heteroatoms. The third-order valence-corrected chi connectivity index (χ3v) is 6.15. The molecule has 4 nitrogen and oxygen atoms in total. The van der Waals surface area contributed by atoms with Crippen LogP contribution in [0.1, 0.15) is 56.2 Å². The average Bonchev–Trinajstić information content (AvgIpc) is 2.96. The van der Waals surface area contributed by atoms with E-state index in [9.17, 15) is 0 Å². The van der Waals surface area contributed by atoms with Crippen LogP contribution < -0.4 is 11.1 Å². The fourth-order valence-electron chi connectivity index (χ4n) is 3.97. The zero-order valence-corrected chi connectivity index (χ0v) is 15.6. The van der Waals surface area contributed by atoms with Gasteiger partial charge in [-0.15, -0.1) is 11.3 Å². The first-order valence-electron chi connectivity index (χ1n) is 9.61. The number of aliphatic imine (C=N–C) groups is 1. The van der Waals surface area contributed by atoms with E-state index in [2.05, 4.69) is 32.7 Å². The van der Waals surface area contributed by atoms with Crippen LogP contribution in [-0.4, -0.2) is 36.5 Å². The summed E-state index contributed by atoms with van der Waals surface area (Å²) in [5.74, 6) is 1.31. The molecule has 1 unspecified atom stereocenters. The summed E-state index contributed by atoms with van der Waals surface area (Å²) in [6.07, 6.45) is 10.4. The molecular formula is C19H32N4S. The minimum Gasteiger partial charge on any atom is -0.370 e. The van der Waals surface area contributed by atoms with Crippen molar-refractivity contribution in [2.45, 2.75) is 64.0 Å². The molecule has 1 aliphatic carbocycles. The van der Waals surface area contributed by atoms with E-state index in [1.165, 1.54) is 62.8 Å². The zero-order chi connectivity index (χ0) is 16.6. The highest BCUT2D eigenvalue weighted by molar-refractivity contribution is 7.09. The molecule has 0 amide bonds.